The molecule has 2 aromatic rings. The summed E-state index contributed by atoms with van der Waals surface area (Å²) < 4.78 is 23.6. The summed E-state index contributed by atoms with van der Waals surface area (Å²) in [7, 11) is -2.93. The number of nitrogens with one attached hydrogen (secondary N) is 1. The second kappa shape index (κ2) is 9.50. The van der Waals surface area contributed by atoms with Crippen molar-refractivity contribution >= 4 is 33.0 Å². The maximum atomic E-state index is 13.3. The Bertz CT molecular complexity index is 1000. The van der Waals surface area contributed by atoms with Crippen molar-refractivity contribution < 1.29 is 18.0 Å². The highest BCUT2D eigenvalue weighted by Gasteiger charge is 2.35. The normalized spacial score (nSPS) is 22.2. The predicted octanol–water partition coefficient (Wildman–Crippen LogP) is 1.42. The van der Waals surface area contributed by atoms with Crippen LogP contribution in [-0.4, -0.2) is 79.8 Å². The predicted molar refractivity (Wildman–Crippen MR) is 121 cm³/mol. The number of carbonyl (C=O) groups is 2. The van der Waals surface area contributed by atoms with Gasteiger partial charge in [-0.1, -0.05) is 36.4 Å². The molecule has 0 bridgehead atoms. The van der Waals surface area contributed by atoms with E-state index in [0.29, 0.717) is 43.9 Å². The fourth-order valence-corrected chi connectivity index (χ4v) is 6.67. The third-order valence-corrected chi connectivity index (χ3v) is 8.60. The second-order valence-corrected chi connectivity index (χ2v) is 11.3. The highest BCUT2D eigenvalue weighted by Crippen LogP contribution is 2.20. The summed E-state index contributed by atoms with van der Waals surface area (Å²) in [5.41, 5.74) is 0.988. The summed E-state index contributed by atoms with van der Waals surface area (Å²) in [6.07, 6.45) is 1.10. The Morgan fingerprint density at radius 2 is 1.81 bits per heavy atom. The molecule has 2 aliphatic heterocycles. The van der Waals surface area contributed by atoms with Crippen molar-refractivity contribution in [2.75, 3.05) is 37.7 Å². The van der Waals surface area contributed by atoms with E-state index in [2.05, 4.69) is 10.2 Å². The van der Waals surface area contributed by atoms with Gasteiger partial charge in [0.25, 0.3) is 5.91 Å². The number of carbonyl (C=O) groups excluding carboxylic acids is 2. The van der Waals surface area contributed by atoms with Crippen LogP contribution in [0.5, 0.6) is 0 Å². The van der Waals surface area contributed by atoms with Crippen molar-refractivity contribution in [1.82, 2.24) is 15.1 Å². The van der Waals surface area contributed by atoms with E-state index in [0.717, 1.165) is 5.56 Å². The standard InChI is InChI=1S/C22H27N3O4S2/c26-21(20-7-4-13-30-20)23-19(15-17-5-2-1-3-6-17)22(27)25-11-9-24(10-12-25)18-8-14-31(28,29)16-18/h1-7,13,18-19H,8-12,14-16H2,(H,23,26)/t18-,19-/m1/s1. The number of nitrogens with zero attached hydrogens (tertiary/aromatic N) is 2. The topological polar surface area (TPSA) is 86.8 Å². The van der Waals surface area contributed by atoms with Crippen LogP contribution in [-0.2, 0) is 21.1 Å². The van der Waals surface area contributed by atoms with E-state index < -0.39 is 15.9 Å². The molecule has 166 valence electrons. The number of hydrogen-bond acceptors (Lipinski definition) is 6. The van der Waals surface area contributed by atoms with E-state index in [1.807, 2.05) is 41.8 Å². The molecule has 0 aliphatic carbocycles. The van der Waals surface area contributed by atoms with Crippen LogP contribution in [0.1, 0.15) is 21.7 Å². The zero-order valence-electron chi connectivity index (χ0n) is 17.3. The Kier molecular flexibility index (Phi) is 6.74. The largest absolute Gasteiger partial charge is 0.339 e. The van der Waals surface area contributed by atoms with Gasteiger partial charge in [-0.25, -0.2) is 8.42 Å². The highest BCUT2D eigenvalue weighted by atomic mass is 32.2. The third kappa shape index (κ3) is 5.53. The van der Waals surface area contributed by atoms with Gasteiger partial charge in [0, 0.05) is 38.6 Å². The lowest BCUT2D eigenvalue weighted by Crippen LogP contribution is -2.57. The number of benzene rings is 1. The average Bonchev–Trinajstić information content (AvgIpc) is 3.43. The first-order chi connectivity index (χ1) is 14.9. The third-order valence-electron chi connectivity index (χ3n) is 5.98. The summed E-state index contributed by atoms with van der Waals surface area (Å²) in [4.78, 5) is 30.5. The van der Waals surface area contributed by atoms with Crippen LogP contribution in [0, 0.1) is 0 Å². The summed E-state index contributed by atoms with van der Waals surface area (Å²) in [6, 6.07) is 12.7. The molecule has 0 radical (unpaired) electrons. The Morgan fingerprint density at radius 1 is 1.06 bits per heavy atom. The van der Waals surface area contributed by atoms with Crippen molar-refractivity contribution in [1.29, 1.82) is 0 Å². The average molecular weight is 462 g/mol. The maximum absolute atomic E-state index is 13.3. The number of amides is 2. The molecule has 0 unspecified atom stereocenters. The Morgan fingerprint density at radius 3 is 2.42 bits per heavy atom. The molecule has 9 heteroatoms. The van der Waals surface area contributed by atoms with Gasteiger partial charge in [-0.15, -0.1) is 11.3 Å². The molecule has 2 fully saturated rings. The molecular weight excluding hydrogens is 434 g/mol. The summed E-state index contributed by atoms with van der Waals surface area (Å²) in [5.74, 6) is 0.144. The molecule has 1 N–H and O–H groups in total. The van der Waals surface area contributed by atoms with Gasteiger partial charge in [0.2, 0.25) is 5.91 Å². The zero-order chi connectivity index (χ0) is 21.8. The van der Waals surface area contributed by atoms with Gasteiger partial charge < -0.3 is 10.2 Å². The van der Waals surface area contributed by atoms with Gasteiger partial charge in [-0.05, 0) is 23.4 Å². The summed E-state index contributed by atoms with van der Waals surface area (Å²) in [5, 5.41) is 4.77. The van der Waals surface area contributed by atoms with Gasteiger partial charge in [0.1, 0.15) is 6.04 Å². The van der Waals surface area contributed by atoms with E-state index in [1.165, 1.54) is 11.3 Å². The van der Waals surface area contributed by atoms with Crippen LogP contribution in [0.2, 0.25) is 0 Å². The SMILES string of the molecule is O=C(N[C@H](Cc1ccccc1)C(=O)N1CCN([C@@H]2CCS(=O)(=O)C2)CC1)c1cccs1. The van der Waals surface area contributed by atoms with E-state index >= 15 is 0 Å². The lowest BCUT2D eigenvalue weighted by atomic mass is 10.0. The minimum absolute atomic E-state index is 0.0564. The van der Waals surface area contributed by atoms with E-state index in [4.69, 9.17) is 0 Å². The van der Waals surface area contributed by atoms with Gasteiger partial charge in [-0.3, -0.25) is 14.5 Å². The Labute approximate surface area is 187 Å². The molecule has 31 heavy (non-hydrogen) atoms. The molecule has 1 aromatic heterocycles. The van der Waals surface area contributed by atoms with E-state index in [-0.39, 0.29) is 29.4 Å². The summed E-state index contributed by atoms with van der Waals surface area (Å²) in [6.45, 7) is 2.39. The molecule has 2 atom stereocenters. The number of rotatable bonds is 6. The molecule has 2 saturated heterocycles. The van der Waals surface area contributed by atoms with Crippen LogP contribution < -0.4 is 5.32 Å². The van der Waals surface area contributed by atoms with E-state index in [9.17, 15) is 18.0 Å². The Balaban J connectivity index is 1.41. The number of sulfone groups is 1. The lowest BCUT2D eigenvalue weighted by molar-refractivity contribution is -0.135. The molecule has 7 nitrogen and oxygen atoms in total. The van der Waals surface area contributed by atoms with E-state index in [1.54, 1.807) is 11.0 Å². The van der Waals surface area contributed by atoms with Gasteiger partial charge in [-0.2, -0.15) is 0 Å². The van der Waals surface area contributed by atoms with Crippen LogP contribution in [0.25, 0.3) is 0 Å². The molecule has 0 saturated carbocycles. The highest BCUT2D eigenvalue weighted by molar-refractivity contribution is 7.91. The van der Waals surface area contributed by atoms with Crippen LogP contribution in [0.4, 0.5) is 0 Å². The number of thiophene rings is 1. The molecule has 0 spiro atoms. The smallest absolute Gasteiger partial charge is 0.262 e. The van der Waals surface area contributed by atoms with Crippen molar-refractivity contribution in [3.05, 3.63) is 58.3 Å². The van der Waals surface area contributed by atoms with Gasteiger partial charge in [0.15, 0.2) is 9.84 Å². The van der Waals surface area contributed by atoms with Gasteiger partial charge in [0.05, 0.1) is 16.4 Å². The molecule has 4 rings (SSSR count). The van der Waals surface area contributed by atoms with Crippen LogP contribution >= 0.6 is 11.3 Å². The molecular formula is C22H27N3O4S2. The second-order valence-electron chi connectivity index (χ2n) is 8.11. The minimum atomic E-state index is -2.93. The first-order valence-electron chi connectivity index (χ1n) is 10.5. The lowest BCUT2D eigenvalue weighted by Gasteiger charge is -2.39. The number of piperazine rings is 1. The fourth-order valence-electron chi connectivity index (χ4n) is 4.28. The maximum Gasteiger partial charge on any atom is 0.262 e. The summed E-state index contributed by atoms with van der Waals surface area (Å²) >= 11 is 1.35. The molecule has 2 amide bonds. The number of hydrogen-bond donors (Lipinski definition) is 1. The van der Waals surface area contributed by atoms with Crippen molar-refractivity contribution in [3.8, 4) is 0 Å². The quantitative estimate of drug-likeness (QED) is 0.703. The fraction of sp³-hybridized carbons (Fsp3) is 0.455. The Hall–Kier alpha value is -2.23. The first kappa shape index (κ1) is 22.0. The van der Waals surface area contributed by atoms with Crippen LogP contribution in [0.3, 0.4) is 0 Å². The molecule has 1 aromatic carbocycles. The van der Waals surface area contributed by atoms with Crippen molar-refractivity contribution in [2.24, 2.45) is 0 Å². The zero-order valence-corrected chi connectivity index (χ0v) is 18.9. The van der Waals surface area contributed by atoms with Crippen molar-refractivity contribution in [3.63, 3.8) is 0 Å². The molecule has 3 heterocycles. The van der Waals surface area contributed by atoms with Crippen LogP contribution in [0.15, 0.2) is 47.8 Å². The van der Waals surface area contributed by atoms with Crippen molar-refractivity contribution in [2.45, 2.75) is 24.9 Å². The minimum Gasteiger partial charge on any atom is -0.339 e. The monoisotopic (exact) mass is 461 g/mol. The van der Waals surface area contributed by atoms with Gasteiger partial charge >= 0.3 is 0 Å². The molecule has 2 aliphatic rings. The first-order valence-corrected chi connectivity index (χ1v) is 13.2.